The summed E-state index contributed by atoms with van der Waals surface area (Å²) in [7, 11) is 0. The van der Waals surface area contributed by atoms with Gasteiger partial charge < -0.3 is 0 Å². The standard InChI is InChI=1S/C12H24/c1-4-5-6-12-8-7-10(2)9-11(12)3/h10-12H,4-9H2,1-3H3. The molecular formula is C12H24. The van der Waals surface area contributed by atoms with Crippen molar-refractivity contribution < 1.29 is 0 Å². The van der Waals surface area contributed by atoms with Crippen molar-refractivity contribution in [3.05, 3.63) is 0 Å². The summed E-state index contributed by atoms with van der Waals surface area (Å²) in [5, 5.41) is 0. The Bertz CT molecular complexity index is 115. The third-order valence-corrected chi connectivity index (χ3v) is 3.54. The molecule has 12 heavy (non-hydrogen) atoms. The Hall–Kier alpha value is 0. The highest BCUT2D eigenvalue weighted by atomic mass is 14.3. The topological polar surface area (TPSA) is 0 Å². The molecule has 72 valence electrons. The van der Waals surface area contributed by atoms with Crippen LogP contribution in [0.1, 0.15) is 59.3 Å². The third kappa shape index (κ3) is 2.80. The Labute approximate surface area is 77.7 Å². The second-order valence-electron chi connectivity index (χ2n) is 4.80. The Morgan fingerprint density at radius 3 is 2.50 bits per heavy atom. The largest absolute Gasteiger partial charge is 0.0654 e. The minimum Gasteiger partial charge on any atom is -0.0654 e. The van der Waals surface area contributed by atoms with Crippen LogP contribution in [-0.2, 0) is 0 Å². The summed E-state index contributed by atoms with van der Waals surface area (Å²) in [5.74, 6) is 3.05. The van der Waals surface area contributed by atoms with Crippen molar-refractivity contribution in [2.45, 2.75) is 59.3 Å². The van der Waals surface area contributed by atoms with Gasteiger partial charge in [0.05, 0.1) is 0 Å². The fraction of sp³-hybridized carbons (Fsp3) is 1.00. The molecule has 1 saturated carbocycles. The zero-order valence-corrected chi connectivity index (χ0v) is 8.97. The lowest BCUT2D eigenvalue weighted by Crippen LogP contribution is -2.21. The average molecular weight is 168 g/mol. The molecule has 1 fully saturated rings. The van der Waals surface area contributed by atoms with Gasteiger partial charge in [0, 0.05) is 0 Å². The first-order valence-electron chi connectivity index (χ1n) is 5.74. The molecule has 0 N–H and O–H groups in total. The maximum absolute atomic E-state index is 2.45. The van der Waals surface area contributed by atoms with E-state index < -0.39 is 0 Å². The third-order valence-electron chi connectivity index (χ3n) is 3.54. The minimum atomic E-state index is 0.998. The van der Waals surface area contributed by atoms with Crippen molar-refractivity contribution in [3.8, 4) is 0 Å². The smallest absolute Gasteiger partial charge is 0.0388 e. The molecule has 1 aliphatic rings. The van der Waals surface area contributed by atoms with Gasteiger partial charge in [-0.1, -0.05) is 46.5 Å². The fourth-order valence-corrected chi connectivity index (χ4v) is 2.62. The van der Waals surface area contributed by atoms with E-state index in [0.717, 1.165) is 17.8 Å². The van der Waals surface area contributed by atoms with Crippen molar-refractivity contribution in [2.24, 2.45) is 17.8 Å². The van der Waals surface area contributed by atoms with Crippen LogP contribution in [0.4, 0.5) is 0 Å². The lowest BCUT2D eigenvalue weighted by atomic mass is 9.74. The summed E-state index contributed by atoms with van der Waals surface area (Å²) in [5.41, 5.74) is 0. The summed E-state index contributed by atoms with van der Waals surface area (Å²) in [6.45, 7) is 7.17. The molecule has 0 bridgehead atoms. The minimum absolute atomic E-state index is 0.998. The molecule has 0 aliphatic heterocycles. The summed E-state index contributed by atoms with van der Waals surface area (Å²) >= 11 is 0. The molecule has 0 radical (unpaired) electrons. The molecule has 3 unspecified atom stereocenters. The van der Waals surface area contributed by atoms with E-state index in [1.54, 1.807) is 0 Å². The predicted molar refractivity (Wildman–Crippen MR) is 55.2 cm³/mol. The fourth-order valence-electron chi connectivity index (χ4n) is 2.62. The van der Waals surface area contributed by atoms with E-state index in [1.807, 2.05) is 0 Å². The first-order chi connectivity index (χ1) is 5.74. The number of rotatable bonds is 3. The molecule has 0 saturated heterocycles. The van der Waals surface area contributed by atoms with Gasteiger partial charge in [-0.25, -0.2) is 0 Å². The van der Waals surface area contributed by atoms with E-state index in [0.29, 0.717) is 0 Å². The van der Waals surface area contributed by atoms with Crippen LogP contribution in [0.15, 0.2) is 0 Å². The Morgan fingerprint density at radius 1 is 1.17 bits per heavy atom. The van der Waals surface area contributed by atoms with Gasteiger partial charge in [0.15, 0.2) is 0 Å². The molecular weight excluding hydrogens is 144 g/mol. The first kappa shape index (κ1) is 10.1. The molecule has 0 aromatic carbocycles. The zero-order chi connectivity index (χ0) is 8.97. The Kier molecular flexibility index (Phi) is 4.11. The molecule has 1 aliphatic carbocycles. The zero-order valence-electron chi connectivity index (χ0n) is 8.97. The second-order valence-corrected chi connectivity index (χ2v) is 4.80. The van der Waals surface area contributed by atoms with E-state index in [4.69, 9.17) is 0 Å². The van der Waals surface area contributed by atoms with Gasteiger partial charge in [0.1, 0.15) is 0 Å². The number of unbranched alkanes of at least 4 members (excludes halogenated alkanes) is 1. The summed E-state index contributed by atoms with van der Waals surface area (Å²) in [6.07, 6.45) is 8.78. The lowest BCUT2D eigenvalue weighted by Gasteiger charge is -2.32. The molecule has 0 aromatic rings. The lowest BCUT2D eigenvalue weighted by molar-refractivity contribution is 0.191. The van der Waals surface area contributed by atoms with Crippen molar-refractivity contribution in [1.29, 1.82) is 0 Å². The van der Waals surface area contributed by atoms with Crippen molar-refractivity contribution in [1.82, 2.24) is 0 Å². The van der Waals surface area contributed by atoms with Gasteiger partial charge in [0.25, 0.3) is 0 Å². The second kappa shape index (κ2) is 4.89. The van der Waals surface area contributed by atoms with E-state index in [-0.39, 0.29) is 0 Å². The highest BCUT2D eigenvalue weighted by Gasteiger charge is 2.24. The van der Waals surface area contributed by atoms with Gasteiger partial charge in [-0.2, -0.15) is 0 Å². The normalized spacial score (nSPS) is 36.8. The van der Waals surface area contributed by atoms with Crippen molar-refractivity contribution in [2.75, 3.05) is 0 Å². The maximum Gasteiger partial charge on any atom is -0.0388 e. The van der Waals surface area contributed by atoms with Gasteiger partial charge in [-0.15, -0.1) is 0 Å². The van der Waals surface area contributed by atoms with Crippen LogP contribution in [0.25, 0.3) is 0 Å². The van der Waals surface area contributed by atoms with E-state index >= 15 is 0 Å². The molecule has 1 rings (SSSR count). The maximum atomic E-state index is 2.45. The van der Waals surface area contributed by atoms with Crippen LogP contribution in [-0.4, -0.2) is 0 Å². The predicted octanol–water partition coefficient (Wildman–Crippen LogP) is 4.25. The molecule has 0 heteroatoms. The van der Waals surface area contributed by atoms with Crippen molar-refractivity contribution in [3.63, 3.8) is 0 Å². The first-order valence-corrected chi connectivity index (χ1v) is 5.74. The Morgan fingerprint density at radius 2 is 1.92 bits per heavy atom. The number of hydrogen-bond acceptors (Lipinski definition) is 0. The van der Waals surface area contributed by atoms with Gasteiger partial charge in [0.2, 0.25) is 0 Å². The van der Waals surface area contributed by atoms with Crippen LogP contribution >= 0.6 is 0 Å². The van der Waals surface area contributed by atoms with Crippen LogP contribution in [0, 0.1) is 17.8 Å². The highest BCUT2D eigenvalue weighted by Crippen LogP contribution is 2.35. The van der Waals surface area contributed by atoms with E-state index in [9.17, 15) is 0 Å². The molecule has 0 nitrogen and oxygen atoms in total. The van der Waals surface area contributed by atoms with Crippen LogP contribution in [0.5, 0.6) is 0 Å². The van der Waals surface area contributed by atoms with Crippen LogP contribution < -0.4 is 0 Å². The Balaban J connectivity index is 2.25. The SMILES string of the molecule is CCCCC1CCC(C)CC1C. The molecule has 0 heterocycles. The van der Waals surface area contributed by atoms with Crippen molar-refractivity contribution >= 4 is 0 Å². The van der Waals surface area contributed by atoms with E-state index in [1.165, 1.54) is 38.5 Å². The highest BCUT2D eigenvalue weighted by molar-refractivity contribution is 4.75. The molecule has 0 amide bonds. The summed E-state index contributed by atoms with van der Waals surface area (Å²) in [4.78, 5) is 0. The quantitative estimate of drug-likeness (QED) is 0.591. The van der Waals surface area contributed by atoms with Crippen LogP contribution in [0.3, 0.4) is 0 Å². The average Bonchev–Trinajstić information content (AvgIpc) is 2.03. The monoisotopic (exact) mass is 168 g/mol. The molecule has 0 aromatic heterocycles. The van der Waals surface area contributed by atoms with E-state index in [2.05, 4.69) is 20.8 Å². The van der Waals surface area contributed by atoms with Crippen LogP contribution in [0.2, 0.25) is 0 Å². The molecule has 3 atom stereocenters. The summed E-state index contributed by atoms with van der Waals surface area (Å²) < 4.78 is 0. The summed E-state index contributed by atoms with van der Waals surface area (Å²) in [6, 6.07) is 0. The molecule has 0 spiro atoms. The number of hydrogen-bond donors (Lipinski definition) is 0. The van der Waals surface area contributed by atoms with Gasteiger partial charge in [-0.3, -0.25) is 0 Å². The van der Waals surface area contributed by atoms with Gasteiger partial charge >= 0.3 is 0 Å². The van der Waals surface area contributed by atoms with Gasteiger partial charge in [-0.05, 0) is 30.6 Å².